The second kappa shape index (κ2) is 4.59. The normalized spacial score (nSPS) is 10.5. The zero-order valence-electron chi connectivity index (χ0n) is 9.35. The highest BCUT2D eigenvalue weighted by Crippen LogP contribution is 2.24. The molecule has 0 aliphatic carbocycles. The Hall–Kier alpha value is -1.81. The van der Waals surface area contributed by atoms with E-state index in [9.17, 15) is 4.79 Å². The van der Waals surface area contributed by atoms with Crippen LogP contribution in [0.2, 0.25) is 5.02 Å². The number of imidazole rings is 1. The topological polar surface area (TPSA) is 60.9 Å². The molecule has 2 aromatic rings. The number of carbonyl (C=O) groups excluding carboxylic acids is 1. The maximum absolute atomic E-state index is 12.2. The summed E-state index contributed by atoms with van der Waals surface area (Å²) in [6.45, 7) is 2.63. The van der Waals surface area contributed by atoms with E-state index >= 15 is 0 Å². The number of rotatable bonds is 3. The molecule has 5 heteroatoms. The molecule has 17 heavy (non-hydrogen) atoms. The average Bonchev–Trinajstić information content (AvgIpc) is 2.80. The number of carbonyl (C=O) groups is 1. The summed E-state index contributed by atoms with van der Waals surface area (Å²) in [5, 5.41) is 0.380. The van der Waals surface area contributed by atoms with E-state index in [0.717, 1.165) is 0 Å². The fourth-order valence-corrected chi connectivity index (χ4v) is 1.80. The van der Waals surface area contributed by atoms with Gasteiger partial charge in [0.05, 0.1) is 16.3 Å². The lowest BCUT2D eigenvalue weighted by Gasteiger charge is -2.07. The van der Waals surface area contributed by atoms with Gasteiger partial charge in [0.2, 0.25) is 5.78 Å². The minimum atomic E-state index is -0.211. The molecule has 4 nitrogen and oxygen atoms in total. The van der Waals surface area contributed by atoms with Gasteiger partial charge in [-0.05, 0) is 19.1 Å². The van der Waals surface area contributed by atoms with Crippen molar-refractivity contribution in [1.82, 2.24) is 9.55 Å². The number of benzene rings is 1. The van der Waals surface area contributed by atoms with E-state index in [0.29, 0.717) is 28.6 Å². The summed E-state index contributed by atoms with van der Waals surface area (Å²) < 4.78 is 1.77. The molecule has 0 bridgehead atoms. The van der Waals surface area contributed by atoms with Crippen molar-refractivity contribution in [2.45, 2.75) is 13.5 Å². The van der Waals surface area contributed by atoms with Gasteiger partial charge in [0.1, 0.15) is 0 Å². The largest absolute Gasteiger partial charge is 0.397 e. The highest BCUT2D eigenvalue weighted by atomic mass is 35.5. The van der Waals surface area contributed by atoms with Crippen LogP contribution in [0.3, 0.4) is 0 Å². The standard InChI is InChI=1S/C12H12ClN3O/c1-2-16-7-6-15-12(16)11(17)8-4-3-5-9(13)10(8)14/h3-7H,2,14H2,1H3. The third-order valence-electron chi connectivity index (χ3n) is 2.56. The quantitative estimate of drug-likeness (QED) is 0.671. The van der Waals surface area contributed by atoms with E-state index in [4.69, 9.17) is 17.3 Å². The van der Waals surface area contributed by atoms with E-state index in [1.165, 1.54) is 0 Å². The van der Waals surface area contributed by atoms with Gasteiger partial charge in [0.25, 0.3) is 0 Å². The van der Waals surface area contributed by atoms with Crippen LogP contribution in [0.15, 0.2) is 30.6 Å². The second-order valence-corrected chi connectivity index (χ2v) is 3.97. The first-order valence-corrected chi connectivity index (χ1v) is 5.62. The number of nitrogens with zero attached hydrogens (tertiary/aromatic N) is 2. The molecule has 1 aromatic carbocycles. The summed E-state index contributed by atoms with van der Waals surface area (Å²) in [7, 11) is 0. The van der Waals surface area contributed by atoms with Crippen LogP contribution in [0.25, 0.3) is 0 Å². The van der Waals surface area contributed by atoms with Crippen molar-refractivity contribution in [2.75, 3.05) is 5.73 Å². The number of nitrogens with two attached hydrogens (primary N) is 1. The van der Waals surface area contributed by atoms with Gasteiger partial charge in [-0.15, -0.1) is 0 Å². The summed E-state index contributed by atoms with van der Waals surface area (Å²) in [4.78, 5) is 16.3. The van der Waals surface area contributed by atoms with Crippen molar-refractivity contribution in [1.29, 1.82) is 0 Å². The summed E-state index contributed by atoms with van der Waals surface area (Å²) in [6.07, 6.45) is 3.35. The monoisotopic (exact) mass is 249 g/mol. The van der Waals surface area contributed by atoms with E-state index in [1.54, 1.807) is 35.2 Å². The number of aromatic nitrogens is 2. The molecule has 88 valence electrons. The maximum atomic E-state index is 12.2. The molecule has 2 rings (SSSR count). The van der Waals surface area contributed by atoms with Crippen molar-refractivity contribution in [3.05, 3.63) is 47.0 Å². The molecule has 0 saturated heterocycles. The molecule has 0 aliphatic rings. The molecule has 0 aliphatic heterocycles. The van der Waals surface area contributed by atoms with Crippen LogP contribution >= 0.6 is 11.6 Å². The molecule has 0 fully saturated rings. The number of hydrogen-bond donors (Lipinski definition) is 1. The number of para-hydroxylation sites is 1. The molecular formula is C12H12ClN3O. The minimum absolute atomic E-state index is 0.211. The average molecular weight is 250 g/mol. The van der Waals surface area contributed by atoms with Gasteiger partial charge >= 0.3 is 0 Å². The van der Waals surface area contributed by atoms with Gasteiger partial charge in [-0.1, -0.05) is 17.7 Å². The van der Waals surface area contributed by atoms with Crippen LogP contribution in [-0.2, 0) is 6.54 Å². The van der Waals surface area contributed by atoms with Crippen LogP contribution < -0.4 is 5.73 Å². The molecule has 0 atom stereocenters. The summed E-state index contributed by atoms with van der Waals surface area (Å²) in [5.41, 5.74) is 6.47. The third-order valence-corrected chi connectivity index (χ3v) is 2.89. The Labute approximate surface area is 104 Å². The number of anilines is 1. The smallest absolute Gasteiger partial charge is 0.230 e. The molecule has 0 saturated carbocycles. The highest BCUT2D eigenvalue weighted by molar-refractivity contribution is 6.34. The zero-order chi connectivity index (χ0) is 12.4. The van der Waals surface area contributed by atoms with Crippen molar-refractivity contribution < 1.29 is 4.79 Å². The first-order chi connectivity index (χ1) is 8.15. The summed E-state index contributed by atoms with van der Waals surface area (Å²) in [6, 6.07) is 5.00. The third kappa shape index (κ3) is 2.03. The molecule has 2 N–H and O–H groups in total. The van der Waals surface area contributed by atoms with Crippen molar-refractivity contribution in [3.8, 4) is 0 Å². The predicted molar refractivity (Wildman–Crippen MR) is 67.2 cm³/mol. The van der Waals surface area contributed by atoms with E-state index < -0.39 is 0 Å². The Kier molecular flexibility index (Phi) is 3.15. The SMILES string of the molecule is CCn1ccnc1C(=O)c1cccc(Cl)c1N. The molecule has 1 heterocycles. The van der Waals surface area contributed by atoms with Crippen molar-refractivity contribution >= 4 is 23.1 Å². The fourth-order valence-electron chi connectivity index (χ4n) is 1.63. The maximum Gasteiger partial charge on any atom is 0.230 e. The molecule has 1 aromatic heterocycles. The Bertz CT molecular complexity index is 563. The lowest BCUT2D eigenvalue weighted by Crippen LogP contribution is -2.12. The van der Waals surface area contributed by atoms with Gasteiger partial charge in [0, 0.05) is 18.9 Å². The molecular weight excluding hydrogens is 238 g/mol. The number of nitrogen functional groups attached to an aromatic ring is 1. The highest BCUT2D eigenvalue weighted by Gasteiger charge is 2.18. The van der Waals surface area contributed by atoms with Crippen LogP contribution in [0.1, 0.15) is 23.1 Å². The Morgan fingerprint density at radius 2 is 2.29 bits per heavy atom. The first-order valence-electron chi connectivity index (χ1n) is 5.25. The Morgan fingerprint density at radius 1 is 1.53 bits per heavy atom. The lowest BCUT2D eigenvalue weighted by atomic mass is 10.1. The van der Waals surface area contributed by atoms with Crippen molar-refractivity contribution in [2.24, 2.45) is 0 Å². The lowest BCUT2D eigenvalue weighted by molar-refractivity contribution is 0.102. The van der Waals surface area contributed by atoms with Gasteiger partial charge in [-0.2, -0.15) is 0 Å². The van der Waals surface area contributed by atoms with E-state index in [1.807, 2.05) is 6.92 Å². The van der Waals surface area contributed by atoms with Crippen LogP contribution in [0, 0.1) is 0 Å². The van der Waals surface area contributed by atoms with E-state index in [-0.39, 0.29) is 5.78 Å². The number of aryl methyl sites for hydroxylation is 1. The number of hydrogen-bond acceptors (Lipinski definition) is 3. The molecule has 0 spiro atoms. The van der Waals surface area contributed by atoms with Gasteiger partial charge in [0.15, 0.2) is 5.82 Å². The molecule has 0 radical (unpaired) electrons. The Balaban J connectivity index is 2.48. The minimum Gasteiger partial charge on any atom is -0.397 e. The second-order valence-electron chi connectivity index (χ2n) is 3.57. The predicted octanol–water partition coefficient (Wildman–Crippen LogP) is 2.37. The van der Waals surface area contributed by atoms with Gasteiger partial charge < -0.3 is 10.3 Å². The zero-order valence-corrected chi connectivity index (χ0v) is 10.1. The number of ketones is 1. The van der Waals surface area contributed by atoms with Crippen LogP contribution in [-0.4, -0.2) is 15.3 Å². The first kappa shape index (κ1) is 11.7. The fraction of sp³-hybridized carbons (Fsp3) is 0.167. The summed E-state index contributed by atoms with van der Waals surface area (Å²) >= 11 is 5.89. The molecule has 0 unspecified atom stereocenters. The van der Waals surface area contributed by atoms with Crippen molar-refractivity contribution in [3.63, 3.8) is 0 Å². The summed E-state index contributed by atoms with van der Waals surface area (Å²) in [5.74, 6) is 0.165. The van der Waals surface area contributed by atoms with Gasteiger partial charge in [-0.3, -0.25) is 4.79 Å². The van der Waals surface area contributed by atoms with Crippen LogP contribution in [0.5, 0.6) is 0 Å². The number of halogens is 1. The molecule has 0 amide bonds. The van der Waals surface area contributed by atoms with Crippen LogP contribution in [0.4, 0.5) is 5.69 Å². The Morgan fingerprint density at radius 3 is 3.00 bits per heavy atom. The van der Waals surface area contributed by atoms with E-state index in [2.05, 4.69) is 4.98 Å². The van der Waals surface area contributed by atoms with Gasteiger partial charge in [-0.25, -0.2) is 4.98 Å².